The third-order valence-electron chi connectivity index (χ3n) is 7.49. The number of carbonyl (C=O) groups is 1. The summed E-state index contributed by atoms with van der Waals surface area (Å²) in [7, 11) is 0. The van der Waals surface area contributed by atoms with Crippen molar-refractivity contribution in [2.45, 2.75) is 75.3 Å². The van der Waals surface area contributed by atoms with E-state index in [1.165, 1.54) is 5.56 Å². The Morgan fingerprint density at radius 2 is 1.74 bits per heavy atom. The third kappa shape index (κ3) is 3.66. The monoisotopic (exact) mass is 370 g/mol. The van der Waals surface area contributed by atoms with Crippen molar-refractivity contribution in [1.82, 2.24) is 9.80 Å². The molecule has 3 aliphatic rings. The number of carbonyl (C=O) groups excluding carboxylic acids is 1. The van der Waals surface area contributed by atoms with Crippen molar-refractivity contribution in [2.24, 2.45) is 0 Å². The standard InChI is InChI=1S/C23H34N2O2/c1-21(19-8-4-3-5-9-19)10-11-22(2)17-23(27,12-15-25(22)18-21)16-20(26)24-13-6-7-14-24/h3-5,8-9,27H,6-7,10-18H2,1-2H3. The molecule has 4 nitrogen and oxygen atoms in total. The average Bonchev–Trinajstić information content (AvgIpc) is 3.18. The highest BCUT2D eigenvalue weighted by molar-refractivity contribution is 5.77. The van der Waals surface area contributed by atoms with Crippen molar-refractivity contribution in [3.63, 3.8) is 0 Å². The van der Waals surface area contributed by atoms with Gasteiger partial charge in [0.15, 0.2) is 0 Å². The number of fused-ring (bicyclic) bond motifs is 1. The largest absolute Gasteiger partial charge is 0.389 e. The van der Waals surface area contributed by atoms with E-state index < -0.39 is 5.60 Å². The first-order valence-corrected chi connectivity index (χ1v) is 10.6. The van der Waals surface area contributed by atoms with Gasteiger partial charge in [-0.3, -0.25) is 9.69 Å². The van der Waals surface area contributed by atoms with Crippen LogP contribution in [0.2, 0.25) is 0 Å². The van der Waals surface area contributed by atoms with E-state index >= 15 is 0 Å². The van der Waals surface area contributed by atoms with Crippen molar-refractivity contribution in [3.05, 3.63) is 35.9 Å². The summed E-state index contributed by atoms with van der Waals surface area (Å²) in [6.07, 6.45) is 6.12. The van der Waals surface area contributed by atoms with E-state index in [9.17, 15) is 9.90 Å². The van der Waals surface area contributed by atoms with Gasteiger partial charge in [0.1, 0.15) is 0 Å². The molecule has 3 fully saturated rings. The molecular weight excluding hydrogens is 336 g/mol. The Labute approximate surface area is 163 Å². The molecule has 3 saturated heterocycles. The van der Waals surface area contributed by atoms with Crippen LogP contribution in [0.15, 0.2) is 30.3 Å². The highest BCUT2D eigenvalue weighted by atomic mass is 16.3. The molecular formula is C23H34N2O2. The van der Waals surface area contributed by atoms with Gasteiger partial charge < -0.3 is 10.0 Å². The van der Waals surface area contributed by atoms with E-state index in [4.69, 9.17) is 0 Å². The second-order valence-electron chi connectivity index (χ2n) is 9.76. The number of hydrogen-bond acceptors (Lipinski definition) is 3. The molecule has 0 aliphatic carbocycles. The molecule has 1 aromatic carbocycles. The molecule has 3 atom stereocenters. The minimum atomic E-state index is -0.842. The topological polar surface area (TPSA) is 43.8 Å². The van der Waals surface area contributed by atoms with Crippen LogP contribution in [0.25, 0.3) is 0 Å². The molecule has 4 heteroatoms. The number of amides is 1. The van der Waals surface area contributed by atoms with Gasteiger partial charge in [-0.1, -0.05) is 37.3 Å². The van der Waals surface area contributed by atoms with E-state index in [0.29, 0.717) is 19.3 Å². The predicted molar refractivity (Wildman–Crippen MR) is 108 cm³/mol. The number of benzene rings is 1. The minimum Gasteiger partial charge on any atom is -0.389 e. The zero-order valence-electron chi connectivity index (χ0n) is 16.9. The van der Waals surface area contributed by atoms with Crippen LogP contribution in [0.5, 0.6) is 0 Å². The van der Waals surface area contributed by atoms with Crippen molar-refractivity contribution in [1.29, 1.82) is 0 Å². The summed E-state index contributed by atoms with van der Waals surface area (Å²) < 4.78 is 0. The second-order valence-corrected chi connectivity index (χ2v) is 9.76. The molecule has 3 unspecified atom stereocenters. The lowest BCUT2D eigenvalue weighted by atomic mass is 9.65. The molecule has 1 aromatic rings. The van der Waals surface area contributed by atoms with Crippen molar-refractivity contribution in [2.75, 3.05) is 26.2 Å². The molecule has 3 heterocycles. The minimum absolute atomic E-state index is 0.00736. The van der Waals surface area contributed by atoms with Crippen LogP contribution in [0.3, 0.4) is 0 Å². The number of nitrogens with zero attached hydrogens (tertiary/aromatic N) is 2. The molecule has 148 valence electrons. The summed E-state index contributed by atoms with van der Waals surface area (Å²) in [5.74, 6) is 0.150. The molecule has 3 aliphatic heterocycles. The molecule has 0 saturated carbocycles. The number of likely N-dealkylation sites (tertiary alicyclic amines) is 1. The maximum Gasteiger partial charge on any atom is 0.225 e. The Morgan fingerprint density at radius 3 is 2.44 bits per heavy atom. The first-order chi connectivity index (χ1) is 12.8. The molecule has 0 radical (unpaired) electrons. The van der Waals surface area contributed by atoms with E-state index in [1.54, 1.807) is 0 Å². The molecule has 0 bridgehead atoms. The molecule has 0 spiro atoms. The van der Waals surface area contributed by atoms with Gasteiger partial charge in [-0.25, -0.2) is 0 Å². The maximum atomic E-state index is 12.6. The van der Waals surface area contributed by atoms with Crippen molar-refractivity contribution < 1.29 is 9.90 Å². The van der Waals surface area contributed by atoms with Gasteiger partial charge in [-0.15, -0.1) is 0 Å². The maximum absolute atomic E-state index is 12.6. The summed E-state index contributed by atoms with van der Waals surface area (Å²) >= 11 is 0. The van der Waals surface area contributed by atoms with E-state index in [-0.39, 0.29) is 16.9 Å². The molecule has 27 heavy (non-hydrogen) atoms. The fraction of sp³-hybridized carbons (Fsp3) is 0.696. The first-order valence-electron chi connectivity index (χ1n) is 10.6. The van der Waals surface area contributed by atoms with Gasteiger partial charge >= 0.3 is 0 Å². The highest BCUT2D eigenvalue weighted by Gasteiger charge is 2.51. The molecule has 1 amide bonds. The SMILES string of the molecule is CC1(c2ccccc2)CCC2(C)CC(O)(CC(=O)N3CCCC3)CCN2C1. The Balaban J connectivity index is 1.45. The number of hydrogen-bond donors (Lipinski definition) is 1. The first kappa shape index (κ1) is 18.9. The van der Waals surface area contributed by atoms with Crippen molar-refractivity contribution >= 4 is 5.91 Å². The van der Waals surface area contributed by atoms with E-state index in [1.807, 2.05) is 4.90 Å². The smallest absolute Gasteiger partial charge is 0.225 e. The third-order valence-corrected chi connectivity index (χ3v) is 7.49. The summed E-state index contributed by atoms with van der Waals surface area (Å²) in [4.78, 5) is 17.1. The lowest BCUT2D eigenvalue weighted by molar-refractivity contribution is -0.145. The van der Waals surface area contributed by atoms with Gasteiger partial charge in [0.2, 0.25) is 5.91 Å². The van der Waals surface area contributed by atoms with Gasteiger partial charge in [0.05, 0.1) is 12.0 Å². The second kappa shape index (κ2) is 6.89. The Bertz CT molecular complexity index is 687. The lowest BCUT2D eigenvalue weighted by Gasteiger charge is -2.57. The fourth-order valence-corrected chi connectivity index (χ4v) is 5.67. The van der Waals surface area contributed by atoms with E-state index in [0.717, 1.165) is 51.9 Å². The van der Waals surface area contributed by atoms with Crippen LogP contribution in [0.4, 0.5) is 0 Å². The Kier molecular flexibility index (Phi) is 4.84. The van der Waals surface area contributed by atoms with Gasteiger partial charge in [-0.05, 0) is 51.0 Å². The molecule has 4 rings (SSSR count). The van der Waals surface area contributed by atoms with E-state index in [2.05, 4.69) is 49.1 Å². The quantitative estimate of drug-likeness (QED) is 0.887. The van der Waals surface area contributed by atoms with Crippen LogP contribution in [0.1, 0.15) is 64.4 Å². The zero-order valence-corrected chi connectivity index (χ0v) is 16.9. The van der Waals surface area contributed by atoms with Crippen LogP contribution in [0, 0.1) is 0 Å². The van der Waals surface area contributed by atoms with Crippen LogP contribution < -0.4 is 0 Å². The number of rotatable bonds is 3. The average molecular weight is 371 g/mol. The summed E-state index contributed by atoms with van der Waals surface area (Å²) in [6, 6.07) is 10.8. The van der Waals surface area contributed by atoms with Crippen molar-refractivity contribution in [3.8, 4) is 0 Å². The number of aliphatic hydroxyl groups is 1. The van der Waals surface area contributed by atoms with Crippen LogP contribution in [-0.2, 0) is 10.2 Å². The van der Waals surface area contributed by atoms with Gasteiger partial charge in [-0.2, -0.15) is 0 Å². The van der Waals surface area contributed by atoms with Gasteiger partial charge in [0.25, 0.3) is 0 Å². The number of piperidine rings is 2. The lowest BCUT2D eigenvalue weighted by Crippen LogP contribution is -2.64. The summed E-state index contributed by atoms with van der Waals surface area (Å²) in [6.45, 7) is 8.31. The molecule has 1 N–H and O–H groups in total. The van der Waals surface area contributed by atoms with Crippen LogP contribution in [-0.4, -0.2) is 58.1 Å². The zero-order chi connectivity index (χ0) is 19.1. The highest BCUT2D eigenvalue weighted by Crippen LogP contribution is 2.47. The van der Waals surface area contributed by atoms with Gasteiger partial charge in [0, 0.05) is 37.1 Å². The Hall–Kier alpha value is -1.39. The summed E-state index contributed by atoms with van der Waals surface area (Å²) in [5.41, 5.74) is 0.733. The predicted octanol–water partition coefficient (Wildman–Crippen LogP) is 3.34. The fourth-order valence-electron chi connectivity index (χ4n) is 5.67. The molecule has 0 aromatic heterocycles. The summed E-state index contributed by atoms with van der Waals surface area (Å²) in [5, 5.41) is 11.3. The van der Waals surface area contributed by atoms with Crippen LogP contribution >= 0.6 is 0 Å². The Morgan fingerprint density at radius 1 is 1.04 bits per heavy atom. The normalized spacial score (nSPS) is 37.2.